The van der Waals surface area contributed by atoms with E-state index in [2.05, 4.69) is 16.9 Å². The average molecular weight is 202 g/mol. The summed E-state index contributed by atoms with van der Waals surface area (Å²) in [4.78, 5) is 3.30. The second kappa shape index (κ2) is 4.13. The Morgan fingerprint density at radius 3 is 2.57 bits per heavy atom. The number of hydrogen-bond donors (Lipinski definition) is 1. The zero-order chi connectivity index (χ0) is 10.6. The summed E-state index contributed by atoms with van der Waals surface area (Å²) in [6, 6.07) is 2.34. The molecular formula is C9H9F3N2. The second-order valence-corrected chi connectivity index (χ2v) is 2.63. The number of rotatable bonds is 3. The molecule has 0 saturated heterocycles. The molecule has 5 heteroatoms. The van der Waals surface area contributed by atoms with Gasteiger partial charge >= 0.3 is 6.18 Å². The van der Waals surface area contributed by atoms with Crippen LogP contribution in [0.1, 0.15) is 11.3 Å². The zero-order valence-corrected chi connectivity index (χ0v) is 7.30. The molecule has 0 aliphatic carbocycles. The summed E-state index contributed by atoms with van der Waals surface area (Å²) in [5.74, 6) is 0. The Hall–Kier alpha value is -1.52. The van der Waals surface area contributed by atoms with E-state index in [4.69, 9.17) is 0 Å². The first kappa shape index (κ1) is 10.6. The van der Waals surface area contributed by atoms with Gasteiger partial charge in [-0.1, -0.05) is 12.6 Å². The maximum absolute atomic E-state index is 12.1. The molecule has 0 aliphatic rings. The Morgan fingerprint density at radius 2 is 2.14 bits per heavy atom. The van der Waals surface area contributed by atoms with Gasteiger partial charge in [-0.05, 0) is 17.8 Å². The summed E-state index contributed by atoms with van der Waals surface area (Å²) < 4.78 is 36.2. The average Bonchev–Trinajstić information content (AvgIpc) is 2.14. The fourth-order valence-electron chi connectivity index (χ4n) is 0.887. The molecule has 0 unspecified atom stereocenters. The number of aromatic nitrogens is 1. The standard InChI is InChI=1S/C9H9F3N2/c1-2-13-5-7-3-4-8(14-6-7)9(10,11)12/h2-4,6,13H,1,5H2. The third kappa shape index (κ3) is 2.76. The van der Waals surface area contributed by atoms with Gasteiger partial charge in [0.1, 0.15) is 5.69 Å². The first-order valence-electron chi connectivity index (χ1n) is 3.90. The molecule has 14 heavy (non-hydrogen) atoms. The smallest absolute Gasteiger partial charge is 0.387 e. The van der Waals surface area contributed by atoms with E-state index in [9.17, 15) is 13.2 Å². The van der Waals surface area contributed by atoms with E-state index >= 15 is 0 Å². The van der Waals surface area contributed by atoms with E-state index in [-0.39, 0.29) is 0 Å². The van der Waals surface area contributed by atoms with Crippen LogP contribution in [0.25, 0.3) is 0 Å². The van der Waals surface area contributed by atoms with Crippen LogP contribution in [0.2, 0.25) is 0 Å². The van der Waals surface area contributed by atoms with Crippen molar-refractivity contribution in [2.75, 3.05) is 0 Å². The molecule has 76 valence electrons. The Morgan fingerprint density at radius 1 is 1.43 bits per heavy atom. The summed E-state index contributed by atoms with van der Waals surface area (Å²) >= 11 is 0. The molecule has 1 aromatic heterocycles. The number of nitrogens with zero attached hydrogens (tertiary/aromatic N) is 1. The van der Waals surface area contributed by atoms with Crippen LogP contribution in [0.5, 0.6) is 0 Å². The van der Waals surface area contributed by atoms with Crippen molar-refractivity contribution in [3.05, 3.63) is 42.4 Å². The van der Waals surface area contributed by atoms with Crippen LogP contribution in [0.3, 0.4) is 0 Å². The molecule has 0 bridgehead atoms. The van der Waals surface area contributed by atoms with Crippen molar-refractivity contribution in [2.45, 2.75) is 12.7 Å². The summed E-state index contributed by atoms with van der Waals surface area (Å²) in [7, 11) is 0. The lowest BCUT2D eigenvalue weighted by Gasteiger charge is -2.06. The van der Waals surface area contributed by atoms with Crippen LogP contribution in [0.4, 0.5) is 13.2 Å². The number of alkyl halides is 3. The van der Waals surface area contributed by atoms with Gasteiger partial charge in [0.15, 0.2) is 0 Å². The van der Waals surface area contributed by atoms with Gasteiger partial charge in [-0.2, -0.15) is 13.2 Å². The minimum absolute atomic E-state index is 0.425. The Balaban J connectivity index is 2.73. The second-order valence-electron chi connectivity index (χ2n) is 2.63. The third-order valence-corrected chi connectivity index (χ3v) is 1.57. The maximum atomic E-state index is 12.1. The number of nitrogens with one attached hydrogen (secondary N) is 1. The topological polar surface area (TPSA) is 24.9 Å². The third-order valence-electron chi connectivity index (χ3n) is 1.57. The molecule has 0 saturated carbocycles. The molecule has 0 spiro atoms. The maximum Gasteiger partial charge on any atom is 0.433 e. The van der Waals surface area contributed by atoms with Gasteiger partial charge in [-0.25, -0.2) is 0 Å². The lowest BCUT2D eigenvalue weighted by Crippen LogP contribution is -2.09. The molecule has 0 fully saturated rings. The van der Waals surface area contributed by atoms with E-state index in [1.807, 2.05) is 0 Å². The summed E-state index contributed by atoms with van der Waals surface area (Å²) in [5.41, 5.74) is -0.197. The van der Waals surface area contributed by atoms with Crippen LogP contribution in [-0.4, -0.2) is 4.98 Å². The van der Waals surface area contributed by atoms with Crippen molar-refractivity contribution in [1.82, 2.24) is 10.3 Å². The van der Waals surface area contributed by atoms with Crippen molar-refractivity contribution in [3.63, 3.8) is 0 Å². The van der Waals surface area contributed by atoms with E-state index in [0.717, 1.165) is 6.07 Å². The SMILES string of the molecule is C=CNCc1ccc(C(F)(F)F)nc1. The normalized spacial score (nSPS) is 11.1. The minimum atomic E-state index is -4.37. The Kier molecular flexibility index (Phi) is 3.11. The number of pyridine rings is 1. The predicted octanol–water partition coefficient (Wildman–Crippen LogP) is 2.33. The summed E-state index contributed by atoms with van der Waals surface area (Å²) in [6.07, 6.45) is -1.71. The van der Waals surface area contributed by atoms with Crippen LogP contribution >= 0.6 is 0 Å². The van der Waals surface area contributed by atoms with Crippen LogP contribution in [-0.2, 0) is 12.7 Å². The highest BCUT2D eigenvalue weighted by Gasteiger charge is 2.31. The lowest BCUT2D eigenvalue weighted by molar-refractivity contribution is -0.141. The van der Waals surface area contributed by atoms with Crippen molar-refractivity contribution in [3.8, 4) is 0 Å². The number of hydrogen-bond acceptors (Lipinski definition) is 2. The van der Waals surface area contributed by atoms with E-state index in [1.54, 1.807) is 0 Å². The molecule has 0 aliphatic heterocycles. The highest BCUT2D eigenvalue weighted by molar-refractivity contribution is 5.15. The Bertz CT molecular complexity index is 303. The van der Waals surface area contributed by atoms with E-state index in [0.29, 0.717) is 12.1 Å². The fourth-order valence-corrected chi connectivity index (χ4v) is 0.887. The van der Waals surface area contributed by atoms with Gasteiger partial charge in [0.25, 0.3) is 0 Å². The van der Waals surface area contributed by atoms with Gasteiger partial charge in [-0.3, -0.25) is 4.98 Å². The van der Waals surface area contributed by atoms with Gasteiger partial charge < -0.3 is 5.32 Å². The zero-order valence-electron chi connectivity index (χ0n) is 7.30. The van der Waals surface area contributed by atoms with Crippen LogP contribution in [0, 0.1) is 0 Å². The molecule has 0 atom stereocenters. The molecule has 0 aromatic carbocycles. The summed E-state index contributed by atoms with van der Waals surface area (Å²) in [5, 5.41) is 2.77. The predicted molar refractivity (Wildman–Crippen MR) is 46.3 cm³/mol. The van der Waals surface area contributed by atoms with Crippen molar-refractivity contribution < 1.29 is 13.2 Å². The molecule has 1 rings (SSSR count). The largest absolute Gasteiger partial charge is 0.433 e. The van der Waals surface area contributed by atoms with Gasteiger partial charge in [0.05, 0.1) is 0 Å². The molecule has 1 heterocycles. The molecule has 0 radical (unpaired) electrons. The van der Waals surface area contributed by atoms with Crippen LogP contribution in [0.15, 0.2) is 31.1 Å². The number of halogens is 3. The van der Waals surface area contributed by atoms with Crippen molar-refractivity contribution >= 4 is 0 Å². The monoisotopic (exact) mass is 202 g/mol. The molecule has 0 amide bonds. The van der Waals surface area contributed by atoms with E-state index in [1.165, 1.54) is 18.5 Å². The van der Waals surface area contributed by atoms with E-state index < -0.39 is 11.9 Å². The first-order chi connectivity index (χ1) is 6.54. The summed E-state index contributed by atoms with van der Waals surface area (Å²) in [6.45, 7) is 3.85. The Labute approximate surface area is 79.5 Å². The fraction of sp³-hybridized carbons (Fsp3) is 0.222. The van der Waals surface area contributed by atoms with Crippen molar-refractivity contribution in [1.29, 1.82) is 0 Å². The van der Waals surface area contributed by atoms with Gasteiger partial charge in [0.2, 0.25) is 0 Å². The van der Waals surface area contributed by atoms with Gasteiger partial charge in [0, 0.05) is 12.7 Å². The highest BCUT2D eigenvalue weighted by Crippen LogP contribution is 2.27. The quantitative estimate of drug-likeness (QED) is 0.813. The van der Waals surface area contributed by atoms with Crippen LogP contribution < -0.4 is 5.32 Å². The first-order valence-corrected chi connectivity index (χ1v) is 3.90. The molecular weight excluding hydrogens is 193 g/mol. The molecule has 1 aromatic rings. The van der Waals surface area contributed by atoms with Crippen molar-refractivity contribution in [2.24, 2.45) is 0 Å². The lowest BCUT2D eigenvalue weighted by atomic mass is 10.2. The molecule has 2 nitrogen and oxygen atoms in total. The minimum Gasteiger partial charge on any atom is -0.387 e. The molecule has 1 N–H and O–H groups in total. The van der Waals surface area contributed by atoms with Gasteiger partial charge in [-0.15, -0.1) is 0 Å². The highest BCUT2D eigenvalue weighted by atomic mass is 19.4.